The standard InChI is InChI=1S/C14H18N4O3/c1-19-12-3-2-10(9-4-6-20-7-5-9)16-11(12)8-13-17-18-14(15)21-13/h2-3,9H,4-8H2,1H3,(H2,15,18). The maximum absolute atomic E-state index is 5.44. The average Bonchev–Trinajstić information content (AvgIpc) is 2.93. The molecule has 0 amide bonds. The van der Waals surface area contributed by atoms with Crippen LogP contribution in [0.25, 0.3) is 0 Å². The Morgan fingerprint density at radius 2 is 2.10 bits per heavy atom. The number of hydrogen-bond donors (Lipinski definition) is 1. The molecule has 0 aromatic carbocycles. The molecule has 2 aromatic heterocycles. The van der Waals surface area contributed by atoms with Crippen LogP contribution in [-0.4, -0.2) is 35.5 Å². The SMILES string of the molecule is COc1ccc(C2CCOCC2)nc1Cc1nnc(N)o1. The van der Waals surface area contributed by atoms with Gasteiger partial charge in [0.2, 0.25) is 5.89 Å². The van der Waals surface area contributed by atoms with Crippen LogP contribution >= 0.6 is 0 Å². The summed E-state index contributed by atoms with van der Waals surface area (Å²) in [6.07, 6.45) is 2.39. The Labute approximate surface area is 122 Å². The smallest absolute Gasteiger partial charge is 0.312 e. The van der Waals surface area contributed by atoms with Gasteiger partial charge in [0.25, 0.3) is 0 Å². The van der Waals surface area contributed by atoms with E-state index < -0.39 is 0 Å². The lowest BCUT2D eigenvalue weighted by Gasteiger charge is -2.22. The van der Waals surface area contributed by atoms with Gasteiger partial charge in [0.1, 0.15) is 5.75 Å². The van der Waals surface area contributed by atoms with Gasteiger partial charge in [-0.3, -0.25) is 4.98 Å². The van der Waals surface area contributed by atoms with E-state index in [9.17, 15) is 0 Å². The molecule has 2 aromatic rings. The maximum atomic E-state index is 5.44. The quantitative estimate of drug-likeness (QED) is 0.912. The van der Waals surface area contributed by atoms with Crippen molar-refractivity contribution in [3.05, 3.63) is 29.4 Å². The number of hydrogen-bond acceptors (Lipinski definition) is 7. The van der Waals surface area contributed by atoms with E-state index in [1.54, 1.807) is 7.11 Å². The minimum absolute atomic E-state index is 0.0598. The van der Waals surface area contributed by atoms with Crippen molar-refractivity contribution in [3.8, 4) is 5.75 Å². The minimum Gasteiger partial charge on any atom is -0.495 e. The van der Waals surface area contributed by atoms with Crippen molar-refractivity contribution < 1.29 is 13.9 Å². The molecule has 0 spiro atoms. The van der Waals surface area contributed by atoms with E-state index >= 15 is 0 Å². The summed E-state index contributed by atoms with van der Waals surface area (Å²) in [5.41, 5.74) is 7.28. The van der Waals surface area contributed by atoms with E-state index in [-0.39, 0.29) is 6.01 Å². The van der Waals surface area contributed by atoms with Crippen LogP contribution < -0.4 is 10.5 Å². The zero-order valence-electron chi connectivity index (χ0n) is 11.9. The lowest BCUT2D eigenvalue weighted by Crippen LogP contribution is -2.15. The zero-order chi connectivity index (χ0) is 14.7. The third-order valence-electron chi connectivity index (χ3n) is 3.61. The summed E-state index contributed by atoms with van der Waals surface area (Å²) < 4.78 is 16.0. The Kier molecular flexibility index (Phi) is 4.01. The molecular weight excluding hydrogens is 272 g/mol. The van der Waals surface area contributed by atoms with E-state index in [1.807, 2.05) is 12.1 Å². The average molecular weight is 290 g/mol. The normalized spacial score (nSPS) is 16.0. The van der Waals surface area contributed by atoms with Crippen molar-refractivity contribution in [2.24, 2.45) is 0 Å². The predicted octanol–water partition coefficient (Wildman–Crippen LogP) is 1.54. The van der Waals surface area contributed by atoms with Gasteiger partial charge in [-0.2, -0.15) is 0 Å². The summed E-state index contributed by atoms with van der Waals surface area (Å²) in [5.74, 6) is 1.57. The molecule has 1 fully saturated rings. The van der Waals surface area contributed by atoms with Crippen molar-refractivity contribution in [3.63, 3.8) is 0 Å². The molecule has 0 saturated carbocycles. The van der Waals surface area contributed by atoms with Crippen LogP contribution in [0.4, 0.5) is 6.01 Å². The fourth-order valence-electron chi connectivity index (χ4n) is 2.52. The molecule has 7 nitrogen and oxygen atoms in total. The molecule has 1 saturated heterocycles. The molecule has 1 aliphatic heterocycles. The molecule has 112 valence electrons. The van der Waals surface area contributed by atoms with Crippen LogP contribution in [0.1, 0.15) is 36.0 Å². The first kappa shape index (κ1) is 13.8. The van der Waals surface area contributed by atoms with Gasteiger partial charge in [-0.25, -0.2) is 0 Å². The second-order valence-corrected chi connectivity index (χ2v) is 4.98. The molecule has 0 bridgehead atoms. The number of methoxy groups -OCH3 is 1. The second kappa shape index (κ2) is 6.09. The first-order valence-corrected chi connectivity index (χ1v) is 6.95. The largest absolute Gasteiger partial charge is 0.495 e. The van der Waals surface area contributed by atoms with Crippen LogP contribution in [-0.2, 0) is 11.2 Å². The van der Waals surface area contributed by atoms with Gasteiger partial charge in [0.15, 0.2) is 0 Å². The predicted molar refractivity (Wildman–Crippen MR) is 75.1 cm³/mol. The number of ether oxygens (including phenoxy) is 2. The minimum atomic E-state index is 0.0598. The van der Waals surface area contributed by atoms with Crippen molar-refractivity contribution in [2.45, 2.75) is 25.2 Å². The van der Waals surface area contributed by atoms with Crippen LogP contribution in [0.2, 0.25) is 0 Å². The van der Waals surface area contributed by atoms with E-state index in [4.69, 9.17) is 24.6 Å². The highest BCUT2D eigenvalue weighted by Gasteiger charge is 2.19. The first-order chi connectivity index (χ1) is 10.3. The summed E-state index contributed by atoms with van der Waals surface area (Å²) in [6.45, 7) is 1.57. The van der Waals surface area contributed by atoms with Gasteiger partial charge in [-0.15, -0.1) is 5.10 Å². The Morgan fingerprint density at radius 1 is 1.29 bits per heavy atom. The molecule has 0 radical (unpaired) electrons. The highest BCUT2D eigenvalue weighted by Crippen LogP contribution is 2.28. The Balaban J connectivity index is 1.85. The number of nitrogen functional groups attached to an aromatic ring is 1. The highest BCUT2D eigenvalue weighted by molar-refractivity contribution is 5.32. The summed E-state index contributed by atoms with van der Waals surface area (Å²) in [4.78, 5) is 4.72. The molecular formula is C14H18N4O3. The van der Waals surface area contributed by atoms with Gasteiger partial charge < -0.3 is 19.6 Å². The zero-order valence-corrected chi connectivity index (χ0v) is 11.9. The van der Waals surface area contributed by atoms with E-state index in [2.05, 4.69) is 10.2 Å². The monoisotopic (exact) mass is 290 g/mol. The number of anilines is 1. The lowest BCUT2D eigenvalue weighted by atomic mass is 9.95. The number of aromatic nitrogens is 3. The Bertz CT molecular complexity index is 608. The van der Waals surface area contributed by atoms with Crippen molar-refractivity contribution >= 4 is 6.01 Å². The van der Waals surface area contributed by atoms with Gasteiger partial charge in [-0.1, -0.05) is 5.10 Å². The summed E-state index contributed by atoms with van der Waals surface area (Å²) in [5, 5.41) is 7.53. The maximum Gasteiger partial charge on any atom is 0.312 e. The number of rotatable bonds is 4. The molecule has 3 rings (SSSR count). The third-order valence-corrected chi connectivity index (χ3v) is 3.61. The van der Waals surface area contributed by atoms with Crippen molar-refractivity contribution in [1.29, 1.82) is 0 Å². The Hall–Kier alpha value is -2.15. The first-order valence-electron chi connectivity index (χ1n) is 6.95. The summed E-state index contributed by atoms with van der Waals surface area (Å²) in [6, 6.07) is 4.01. The van der Waals surface area contributed by atoms with Crippen molar-refractivity contribution in [1.82, 2.24) is 15.2 Å². The van der Waals surface area contributed by atoms with Crippen LogP contribution in [0.5, 0.6) is 5.75 Å². The molecule has 0 aliphatic carbocycles. The fourth-order valence-corrected chi connectivity index (χ4v) is 2.52. The lowest BCUT2D eigenvalue weighted by molar-refractivity contribution is 0.0844. The molecule has 0 atom stereocenters. The summed E-state index contributed by atoms with van der Waals surface area (Å²) >= 11 is 0. The molecule has 21 heavy (non-hydrogen) atoms. The second-order valence-electron chi connectivity index (χ2n) is 4.98. The van der Waals surface area contributed by atoms with Crippen LogP contribution in [0.15, 0.2) is 16.5 Å². The highest BCUT2D eigenvalue weighted by atomic mass is 16.5. The van der Waals surface area contributed by atoms with Gasteiger partial charge in [0, 0.05) is 24.8 Å². The number of pyridine rings is 1. The fraction of sp³-hybridized carbons (Fsp3) is 0.500. The third kappa shape index (κ3) is 3.13. The van der Waals surface area contributed by atoms with E-state index in [1.165, 1.54) is 0 Å². The van der Waals surface area contributed by atoms with Gasteiger partial charge >= 0.3 is 6.01 Å². The summed E-state index contributed by atoms with van der Waals surface area (Å²) in [7, 11) is 1.62. The molecule has 1 aliphatic rings. The van der Waals surface area contributed by atoms with E-state index in [0.29, 0.717) is 24.0 Å². The Morgan fingerprint density at radius 3 is 2.76 bits per heavy atom. The van der Waals surface area contributed by atoms with Gasteiger partial charge in [0.05, 0.1) is 19.2 Å². The molecule has 2 N–H and O–H groups in total. The van der Waals surface area contributed by atoms with E-state index in [0.717, 1.165) is 37.4 Å². The number of nitrogens with two attached hydrogens (primary N) is 1. The number of nitrogens with zero attached hydrogens (tertiary/aromatic N) is 3. The van der Waals surface area contributed by atoms with Crippen LogP contribution in [0, 0.1) is 0 Å². The topological polar surface area (TPSA) is 96.3 Å². The molecule has 7 heteroatoms. The van der Waals surface area contributed by atoms with Gasteiger partial charge in [-0.05, 0) is 25.0 Å². The van der Waals surface area contributed by atoms with Crippen molar-refractivity contribution in [2.75, 3.05) is 26.1 Å². The molecule has 0 unspecified atom stereocenters. The van der Waals surface area contributed by atoms with Crippen LogP contribution in [0.3, 0.4) is 0 Å². The molecule has 3 heterocycles.